The topological polar surface area (TPSA) is 48.1 Å². The monoisotopic (exact) mass is 364 g/mol. The van der Waals surface area contributed by atoms with Crippen LogP contribution in [0, 0.1) is 10.8 Å². The molecule has 4 nitrogen and oxygen atoms in total. The molecule has 3 rings (SSSR count). The van der Waals surface area contributed by atoms with Crippen LogP contribution in [0.3, 0.4) is 0 Å². The summed E-state index contributed by atoms with van der Waals surface area (Å²) in [6, 6.07) is 2.55. The third-order valence-electron chi connectivity index (χ3n) is 6.90. The van der Waals surface area contributed by atoms with Gasteiger partial charge in [-0.05, 0) is 36.5 Å². The highest BCUT2D eigenvalue weighted by Crippen LogP contribution is 2.25. The van der Waals surface area contributed by atoms with Crippen LogP contribution < -0.4 is 21.3 Å². The smallest absolute Gasteiger partial charge is 0.0221 e. The van der Waals surface area contributed by atoms with Crippen molar-refractivity contribution in [3.05, 3.63) is 0 Å². The summed E-state index contributed by atoms with van der Waals surface area (Å²) in [6.45, 7) is 14.1. The Labute approximate surface area is 162 Å². The molecule has 2 aliphatic carbocycles. The molecule has 1 aliphatic heterocycles. The Bertz CT molecular complexity index is 358. The average Bonchev–Trinajstić information content (AvgIpc) is 2.62. The molecule has 0 unspecified atom stereocenters. The van der Waals surface area contributed by atoms with Gasteiger partial charge in [0.2, 0.25) is 0 Å². The molecule has 152 valence electrons. The summed E-state index contributed by atoms with van der Waals surface area (Å²) < 4.78 is 0. The van der Waals surface area contributed by atoms with Crippen molar-refractivity contribution in [3.8, 4) is 0 Å². The molecule has 26 heavy (non-hydrogen) atoms. The van der Waals surface area contributed by atoms with Crippen LogP contribution >= 0.6 is 0 Å². The minimum atomic E-state index is 0.299. The molecule has 0 aromatic carbocycles. The number of rotatable bonds is 0. The highest BCUT2D eigenvalue weighted by molar-refractivity contribution is 4.93. The molecular weight excluding hydrogens is 320 g/mol. The summed E-state index contributed by atoms with van der Waals surface area (Å²) in [4.78, 5) is 0. The number of fused-ring (bicyclic) bond motifs is 2. The highest BCUT2D eigenvalue weighted by atomic mass is 15.1. The first-order chi connectivity index (χ1) is 12.3. The molecule has 0 amide bonds. The zero-order valence-corrected chi connectivity index (χ0v) is 17.8. The summed E-state index contributed by atoms with van der Waals surface area (Å²) in [7, 11) is 0. The molecule has 0 bridgehead atoms. The maximum Gasteiger partial charge on any atom is 0.0221 e. The zero-order chi connectivity index (χ0) is 18.6. The molecule has 0 radical (unpaired) electrons. The minimum Gasteiger partial charge on any atom is -0.312 e. The Hall–Kier alpha value is -0.160. The van der Waals surface area contributed by atoms with Crippen LogP contribution in [0.4, 0.5) is 0 Å². The van der Waals surface area contributed by atoms with E-state index in [4.69, 9.17) is 0 Å². The van der Waals surface area contributed by atoms with Crippen LogP contribution in [0.2, 0.25) is 0 Å². The Morgan fingerprint density at radius 1 is 0.462 bits per heavy atom. The van der Waals surface area contributed by atoms with Gasteiger partial charge in [0.25, 0.3) is 0 Å². The van der Waals surface area contributed by atoms with E-state index < -0.39 is 0 Å². The van der Waals surface area contributed by atoms with Gasteiger partial charge in [-0.2, -0.15) is 0 Å². The average molecular weight is 365 g/mol. The van der Waals surface area contributed by atoms with Gasteiger partial charge in [0.05, 0.1) is 0 Å². The Balaban J connectivity index is 1.69. The molecule has 4 heteroatoms. The fraction of sp³-hybridized carbons (Fsp3) is 1.00. The van der Waals surface area contributed by atoms with Gasteiger partial charge in [0.15, 0.2) is 0 Å². The number of nitrogens with one attached hydrogen (secondary N) is 4. The highest BCUT2D eigenvalue weighted by Gasteiger charge is 2.32. The second kappa shape index (κ2) is 8.89. The van der Waals surface area contributed by atoms with E-state index in [0.29, 0.717) is 35.0 Å². The van der Waals surface area contributed by atoms with Crippen molar-refractivity contribution in [2.75, 3.05) is 26.2 Å². The molecule has 4 atom stereocenters. The summed E-state index contributed by atoms with van der Waals surface area (Å²) >= 11 is 0. The van der Waals surface area contributed by atoms with E-state index in [0.717, 1.165) is 26.2 Å². The maximum atomic E-state index is 3.95. The van der Waals surface area contributed by atoms with Gasteiger partial charge < -0.3 is 21.3 Å². The molecule has 0 aromatic rings. The Kier molecular flexibility index (Phi) is 7.04. The third-order valence-corrected chi connectivity index (χ3v) is 6.90. The van der Waals surface area contributed by atoms with E-state index in [9.17, 15) is 0 Å². The first kappa shape index (κ1) is 20.6. The van der Waals surface area contributed by atoms with Crippen LogP contribution in [0.15, 0.2) is 0 Å². The molecule has 1 heterocycles. The van der Waals surface area contributed by atoms with Crippen molar-refractivity contribution < 1.29 is 0 Å². The first-order valence-corrected chi connectivity index (χ1v) is 11.3. The molecule has 0 aromatic heterocycles. The lowest BCUT2D eigenvalue weighted by molar-refractivity contribution is 0.185. The van der Waals surface area contributed by atoms with E-state index >= 15 is 0 Å². The van der Waals surface area contributed by atoms with Gasteiger partial charge in [-0.25, -0.2) is 0 Å². The maximum absolute atomic E-state index is 3.95. The SMILES string of the molecule is CC1(C)CN[C@@H]2CCCC[C@H]2NCC(C)(C)CN[C@@H]2CCCC[C@H]2NC1. The van der Waals surface area contributed by atoms with Crippen LogP contribution in [0.5, 0.6) is 0 Å². The quantitative estimate of drug-likeness (QED) is 0.534. The molecule has 4 N–H and O–H groups in total. The molecule has 3 aliphatic rings. The molecule has 3 fully saturated rings. The van der Waals surface area contributed by atoms with Crippen molar-refractivity contribution in [2.45, 2.75) is 103 Å². The van der Waals surface area contributed by atoms with E-state index in [1.165, 1.54) is 51.4 Å². The molecular formula is C22H44N4. The lowest BCUT2D eigenvalue weighted by Gasteiger charge is -2.41. The van der Waals surface area contributed by atoms with E-state index in [-0.39, 0.29) is 0 Å². The van der Waals surface area contributed by atoms with E-state index in [2.05, 4.69) is 49.0 Å². The largest absolute Gasteiger partial charge is 0.312 e. The van der Waals surface area contributed by atoms with Gasteiger partial charge in [0, 0.05) is 50.3 Å². The van der Waals surface area contributed by atoms with Crippen LogP contribution in [-0.4, -0.2) is 50.3 Å². The standard InChI is InChI=1S/C22H44N4/c1-21(2)13-23-17-9-5-7-11-19(17)25-15-22(3,4)16-26-20-12-8-6-10-18(20)24-14-21/h17-20,23-26H,5-16H2,1-4H3/t17-,18-,19-,20-/m1/s1. The van der Waals surface area contributed by atoms with Crippen molar-refractivity contribution >= 4 is 0 Å². The summed E-state index contributed by atoms with van der Waals surface area (Å²) in [5.74, 6) is 0. The van der Waals surface area contributed by atoms with Gasteiger partial charge in [-0.1, -0.05) is 53.4 Å². The van der Waals surface area contributed by atoms with Crippen molar-refractivity contribution in [2.24, 2.45) is 10.8 Å². The van der Waals surface area contributed by atoms with E-state index in [1.807, 2.05) is 0 Å². The predicted molar refractivity (Wildman–Crippen MR) is 112 cm³/mol. The molecule has 1 saturated heterocycles. The van der Waals surface area contributed by atoms with Crippen LogP contribution in [0.25, 0.3) is 0 Å². The normalized spacial score (nSPS) is 39.2. The fourth-order valence-electron chi connectivity index (χ4n) is 4.99. The lowest BCUT2D eigenvalue weighted by Crippen LogP contribution is -2.58. The Morgan fingerprint density at radius 2 is 0.692 bits per heavy atom. The molecule has 0 spiro atoms. The van der Waals surface area contributed by atoms with Gasteiger partial charge in [0.1, 0.15) is 0 Å². The summed E-state index contributed by atoms with van der Waals surface area (Å²) in [5.41, 5.74) is 0.598. The van der Waals surface area contributed by atoms with Gasteiger partial charge >= 0.3 is 0 Å². The van der Waals surface area contributed by atoms with Crippen LogP contribution in [-0.2, 0) is 0 Å². The number of hydrogen-bond acceptors (Lipinski definition) is 4. The predicted octanol–water partition coefficient (Wildman–Crippen LogP) is 3.03. The van der Waals surface area contributed by atoms with Gasteiger partial charge in [-0.15, -0.1) is 0 Å². The Morgan fingerprint density at radius 3 is 0.923 bits per heavy atom. The summed E-state index contributed by atoms with van der Waals surface area (Å²) in [5, 5.41) is 15.8. The van der Waals surface area contributed by atoms with Gasteiger partial charge in [-0.3, -0.25) is 0 Å². The first-order valence-electron chi connectivity index (χ1n) is 11.3. The van der Waals surface area contributed by atoms with Crippen LogP contribution in [0.1, 0.15) is 79.1 Å². The van der Waals surface area contributed by atoms with Crippen molar-refractivity contribution in [1.82, 2.24) is 21.3 Å². The summed E-state index contributed by atoms with van der Waals surface area (Å²) in [6.07, 6.45) is 10.8. The minimum absolute atomic E-state index is 0.299. The lowest BCUT2D eigenvalue weighted by atomic mass is 9.84. The molecule has 2 saturated carbocycles. The second-order valence-corrected chi connectivity index (χ2v) is 10.8. The van der Waals surface area contributed by atoms with Crippen molar-refractivity contribution in [3.63, 3.8) is 0 Å². The zero-order valence-electron chi connectivity index (χ0n) is 17.8. The van der Waals surface area contributed by atoms with E-state index in [1.54, 1.807) is 0 Å². The second-order valence-electron chi connectivity index (χ2n) is 10.8. The van der Waals surface area contributed by atoms with Crippen molar-refractivity contribution in [1.29, 1.82) is 0 Å². The number of hydrogen-bond donors (Lipinski definition) is 4. The third kappa shape index (κ3) is 5.92. The fourth-order valence-corrected chi connectivity index (χ4v) is 4.99.